The van der Waals surface area contributed by atoms with Gasteiger partial charge in [-0.1, -0.05) is 35.9 Å². The zero-order chi connectivity index (χ0) is 10.1. The summed E-state index contributed by atoms with van der Waals surface area (Å²) in [6, 6.07) is 10.4. The molecule has 0 aliphatic heterocycles. The predicted octanol–water partition coefficient (Wildman–Crippen LogP) is 3.19. The van der Waals surface area contributed by atoms with Gasteiger partial charge in [-0.15, -0.1) is 0 Å². The van der Waals surface area contributed by atoms with Gasteiger partial charge in [-0.3, -0.25) is 0 Å². The van der Waals surface area contributed by atoms with Crippen molar-refractivity contribution >= 4 is 28.3 Å². The Morgan fingerprint density at radius 1 is 1.14 bits per heavy atom. The van der Waals surface area contributed by atoms with Crippen LogP contribution in [0.4, 0.5) is 0 Å². The molecule has 1 N–H and O–H groups in total. The molecule has 0 aliphatic rings. The van der Waals surface area contributed by atoms with Gasteiger partial charge in [0.05, 0.1) is 5.56 Å². The molecule has 2 nitrogen and oxygen atoms in total. The molecule has 0 atom stereocenters. The number of halogens is 1. The lowest BCUT2D eigenvalue weighted by atomic mass is 10.0. The second kappa shape index (κ2) is 3.31. The van der Waals surface area contributed by atoms with E-state index in [-0.39, 0.29) is 5.56 Å². The normalized spacial score (nSPS) is 10.4. The second-order valence-corrected chi connectivity index (χ2v) is 3.36. The fourth-order valence-corrected chi connectivity index (χ4v) is 1.76. The van der Waals surface area contributed by atoms with Crippen LogP contribution < -0.4 is 0 Å². The molecule has 2 rings (SSSR count). The maximum Gasteiger partial charge on any atom is 0.336 e. The third-order valence-corrected chi connectivity index (χ3v) is 2.40. The van der Waals surface area contributed by atoms with Crippen molar-refractivity contribution < 1.29 is 9.90 Å². The zero-order valence-corrected chi connectivity index (χ0v) is 7.95. The Morgan fingerprint density at radius 3 is 2.43 bits per heavy atom. The van der Waals surface area contributed by atoms with Gasteiger partial charge in [-0.05, 0) is 17.5 Å². The van der Waals surface area contributed by atoms with Crippen molar-refractivity contribution in [1.82, 2.24) is 0 Å². The standard InChI is InChI=1S/C11H7ClO2/c12-9-6-2-4-7-3-1-5-8(10(7)9)11(13)14/h1-6H,(H,13,14). The van der Waals surface area contributed by atoms with Crippen LogP contribution in [0, 0.1) is 0 Å². The first-order valence-electron chi connectivity index (χ1n) is 4.10. The van der Waals surface area contributed by atoms with Crippen LogP contribution >= 0.6 is 11.6 Å². The Balaban J connectivity index is 2.91. The van der Waals surface area contributed by atoms with Crippen molar-refractivity contribution in [3.05, 3.63) is 47.0 Å². The summed E-state index contributed by atoms with van der Waals surface area (Å²) in [4.78, 5) is 10.9. The van der Waals surface area contributed by atoms with E-state index in [2.05, 4.69) is 0 Å². The van der Waals surface area contributed by atoms with E-state index in [1.54, 1.807) is 24.3 Å². The van der Waals surface area contributed by atoms with E-state index in [0.717, 1.165) is 5.39 Å². The molecule has 0 saturated heterocycles. The lowest BCUT2D eigenvalue weighted by molar-refractivity contribution is 0.0699. The van der Waals surface area contributed by atoms with Crippen molar-refractivity contribution in [1.29, 1.82) is 0 Å². The van der Waals surface area contributed by atoms with Gasteiger partial charge in [0.2, 0.25) is 0 Å². The minimum absolute atomic E-state index is 0.244. The quantitative estimate of drug-likeness (QED) is 0.778. The summed E-state index contributed by atoms with van der Waals surface area (Å²) in [6.45, 7) is 0. The summed E-state index contributed by atoms with van der Waals surface area (Å²) >= 11 is 5.94. The van der Waals surface area contributed by atoms with Crippen LogP contribution in [0.2, 0.25) is 5.02 Å². The molecule has 3 heteroatoms. The summed E-state index contributed by atoms with van der Waals surface area (Å²) in [6.07, 6.45) is 0. The van der Waals surface area contributed by atoms with Gasteiger partial charge >= 0.3 is 5.97 Å². The number of carboxylic acids is 1. The number of carbonyl (C=O) groups is 1. The van der Waals surface area contributed by atoms with Gasteiger partial charge in [0.15, 0.2) is 0 Å². The van der Waals surface area contributed by atoms with Crippen LogP contribution in [0.5, 0.6) is 0 Å². The minimum Gasteiger partial charge on any atom is -0.478 e. The van der Waals surface area contributed by atoms with Gasteiger partial charge in [-0.25, -0.2) is 4.79 Å². The molecule has 0 aliphatic carbocycles. The van der Waals surface area contributed by atoms with Crippen molar-refractivity contribution in [2.75, 3.05) is 0 Å². The smallest absolute Gasteiger partial charge is 0.336 e. The summed E-state index contributed by atoms with van der Waals surface area (Å²) in [5.74, 6) is -0.955. The molecule has 0 unspecified atom stereocenters. The number of hydrogen-bond donors (Lipinski definition) is 1. The highest BCUT2D eigenvalue weighted by Gasteiger charge is 2.09. The van der Waals surface area contributed by atoms with Crippen LogP contribution in [0.15, 0.2) is 36.4 Å². The maximum absolute atomic E-state index is 10.9. The molecule has 0 aromatic heterocycles. The van der Waals surface area contributed by atoms with Gasteiger partial charge < -0.3 is 5.11 Å². The molecule has 0 bridgehead atoms. The van der Waals surface area contributed by atoms with E-state index >= 15 is 0 Å². The molecule has 2 aromatic carbocycles. The Bertz CT molecular complexity index is 500. The summed E-state index contributed by atoms with van der Waals surface area (Å²) < 4.78 is 0. The molecule has 14 heavy (non-hydrogen) atoms. The number of fused-ring (bicyclic) bond motifs is 1. The molecule has 2 aromatic rings. The zero-order valence-electron chi connectivity index (χ0n) is 7.20. The molecule has 0 radical (unpaired) electrons. The largest absolute Gasteiger partial charge is 0.478 e. The first kappa shape index (κ1) is 9.03. The van der Waals surface area contributed by atoms with Crippen molar-refractivity contribution in [3.63, 3.8) is 0 Å². The van der Waals surface area contributed by atoms with E-state index in [9.17, 15) is 4.79 Å². The van der Waals surface area contributed by atoms with Crippen molar-refractivity contribution in [2.45, 2.75) is 0 Å². The van der Waals surface area contributed by atoms with E-state index in [1.165, 1.54) is 0 Å². The first-order chi connectivity index (χ1) is 6.70. The number of rotatable bonds is 1. The highest BCUT2D eigenvalue weighted by molar-refractivity contribution is 6.36. The van der Waals surface area contributed by atoms with Gasteiger partial charge in [0, 0.05) is 10.4 Å². The number of carboxylic acid groups (broad SMARTS) is 1. The molecule has 0 spiro atoms. The third-order valence-electron chi connectivity index (χ3n) is 2.08. The van der Waals surface area contributed by atoms with Crippen LogP contribution in [0.25, 0.3) is 10.8 Å². The Kier molecular flexibility index (Phi) is 2.14. The molecule has 0 amide bonds. The fourth-order valence-electron chi connectivity index (χ4n) is 1.47. The second-order valence-electron chi connectivity index (χ2n) is 2.95. The molecule has 0 heterocycles. The van der Waals surface area contributed by atoms with E-state index < -0.39 is 5.97 Å². The first-order valence-corrected chi connectivity index (χ1v) is 4.48. The predicted molar refractivity (Wildman–Crippen MR) is 55.9 cm³/mol. The summed E-state index contributed by atoms with van der Waals surface area (Å²) in [5, 5.41) is 10.9. The average Bonchev–Trinajstić information content (AvgIpc) is 2.17. The lowest BCUT2D eigenvalue weighted by Crippen LogP contribution is -1.97. The molecule has 0 fully saturated rings. The van der Waals surface area contributed by atoms with E-state index in [1.807, 2.05) is 12.1 Å². The SMILES string of the molecule is O=C(O)c1cccc2cccc(Cl)c12. The van der Waals surface area contributed by atoms with Crippen molar-refractivity contribution in [2.24, 2.45) is 0 Å². The van der Waals surface area contributed by atoms with Gasteiger partial charge in [0.1, 0.15) is 0 Å². The maximum atomic E-state index is 10.9. The lowest BCUT2D eigenvalue weighted by Gasteiger charge is -2.03. The fraction of sp³-hybridized carbons (Fsp3) is 0. The molecular formula is C11H7ClO2. The molecule has 0 saturated carbocycles. The molecular weight excluding hydrogens is 200 g/mol. The van der Waals surface area contributed by atoms with Crippen LogP contribution in [-0.4, -0.2) is 11.1 Å². The Hall–Kier alpha value is -1.54. The highest BCUT2D eigenvalue weighted by atomic mass is 35.5. The van der Waals surface area contributed by atoms with E-state index in [0.29, 0.717) is 10.4 Å². The van der Waals surface area contributed by atoms with Crippen LogP contribution in [-0.2, 0) is 0 Å². The van der Waals surface area contributed by atoms with E-state index in [4.69, 9.17) is 16.7 Å². The Morgan fingerprint density at radius 2 is 1.79 bits per heavy atom. The number of aromatic carboxylic acids is 1. The monoisotopic (exact) mass is 206 g/mol. The number of hydrogen-bond acceptors (Lipinski definition) is 1. The van der Waals surface area contributed by atoms with Crippen LogP contribution in [0.3, 0.4) is 0 Å². The van der Waals surface area contributed by atoms with Crippen molar-refractivity contribution in [3.8, 4) is 0 Å². The van der Waals surface area contributed by atoms with Crippen LogP contribution in [0.1, 0.15) is 10.4 Å². The average molecular weight is 207 g/mol. The molecule has 70 valence electrons. The van der Waals surface area contributed by atoms with Gasteiger partial charge in [0.25, 0.3) is 0 Å². The summed E-state index contributed by atoms with van der Waals surface area (Å²) in [7, 11) is 0. The topological polar surface area (TPSA) is 37.3 Å². The highest BCUT2D eigenvalue weighted by Crippen LogP contribution is 2.26. The van der Waals surface area contributed by atoms with Gasteiger partial charge in [-0.2, -0.15) is 0 Å². The number of benzene rings is 2. The minimum atomic E-state index is -0.955. The third kappa shape index (κ3) is 1.34. The Labute approximate surface area is 85.7 Å². The summed E-state index contributed by atoms with van der Waals surface area (Å²) in [5.41, 5.74) is 0.244.